The second kappa shape index (κ2) is 3.06. The van der Waals surface area contributed by atoms with Crippen LogP contribution in [-0.4, -0.2) is 14.8 Å². The molecule has 0 aliphatic rings. The number of hydrogen-bond acceptors (Lipinski definition) is 2. The standard InChI is InChI=1S/C8H5F2N3O/c9-5-1-2-6(10)7(3-5)13-4-11-12-8(13)14/h1-4H,(H,12,14). The summed E-state index contributed by atoms with van der Waals surface area (Å²) in [7, 11) is 0. The van der Waals surface area contributed by atoms with Gasteiger partial charge in [-0.25, -0.2) is 23.2 Å². The molecule has 1 aromatic heterocycles. The van der Waals surface area contributed by atoms with Crippen LogP contribution in [0.15, 0.2) is 29.3 Å². The molecule has 2 aromatic rings. The van der Waals surface area contributed by atoms with Crippen LogP contribution >= 0.6 is 0 Å². The molecule has 0 amide bonds. The summed E-state index contributed by atoms with van der Waals surface area (Å²) in [6.07, 6.45) is 1.08. The minimum Gasteiger partial charge on any atom is -0.247 e. The molecule has 0 saturated carbocycles. The quantitative estimate of drug-likeness (QED) is 0.736. The van der Waals surface area contributed by atoms with Crippen molar-refractivity contribution >= 4 is 0 Å². The highest BCUT2D eigenvalue weighted by molar-refractivity contribution is 5.33. The fraction of sp³-hybridized carbons (Fsp3) is 0. The highest BCUT2D eigenvalue weighted by Crippen LogP contribution is 2.12. The summed E-state index contributed by atoms with van der Waals surface area (Å²) < 4.78 is 26.8. The zero-order valence-corrected chi connectivity index (χ0v) is 6.87. The van der Waals surface area contributed by atoms with Crippen molar-refractivity contribution in [3.8, 4) is 5.69 Å². The Morgan fingerprint density at radius 3 is 2.79 bits per heavy atom. The van der Waals surface area contributed by atoms with E-state index in [0.717, 1.165) is 29.1 Å². The first kappa shape index (κ1) is 8.61. The van der Waals surface area contributed by atoms with Crippen LogP contribution in [0.25, 0.3) is 5.69 Å². The Morgan fingerprint density at radius 1 is 1.36 bits per heavy atom. The molecule has 0 fully saturated rings. The lowest BCUT2D eigenvalue weighted by Gasteiger charge is -2.01. The Hall–Kier alpha value is -1.98. The van der Waals surface area contributed by atoms with E-state index < -0.39 is 17.3 Å². The molecule has 0 aliphatic carbocycles. The number of H-pyrrole nitrogens is 1. The number of halogens is 2. The van der Waals surface area contributed by atoms with E-state index in [1.807, 2.05) is 0 Å². The topological polar surface area (TPSA) is 50.7 Å². The van der Waals surface area contributed by atoms with Gasteiger partial charge >= 0.3 is 5.69 Å². The third kappa shape index (κ3) is 1.30. The van der Waals surface area contributed by atoms with Gasteiger partial charge in [0.05, 0.1) is 5.69 Å². The zero-order chi connectivity index (χ0) is 10.1. The maximum Gasteiger partial charge on any atom is 0.347 e. The lowest BCUT2D eigenvalue weighted by Crippen LogP contribution is -2.15. The van der Waals surface area contributed by atoms with Gasteiger partial charge in [0.25, 0.3) is 0 Å². The molecule has 0 saturated heterocycles. The molecule has 0 spiro atoms. The molecule has 1 aromatic carbocycles. The zero-order valence-electron chi connectivity index (χ0n) is 6.87. The van der Waals surface area contributed by atoms with Crippen molar-refractivity contribution in [1.29, 1.82) is 0 Å². The Labute approximate surface area is 76.8 Å². The number of benzene rings is 1. The maximum absolute atomic E-state index is 13.1. The van der Waals surface area contributed by atoms with Gasteiger partial charge in [0.15, 0.2) is 0 Å². The number of aromatic amines is 1. The van der Waals surface area contributed by atoms with Crippen LogP contribution < -0.4 is 5.69 Å². The maximum atomic E-state index is 13.1. The monoisotopic (exact) mass is 197 g/mol. The van der Waals surface area contributed by atoms with Gasteiger partial charge < -0.3 is 0 Å². The summed E-state index contributed by atoms with van der Waals surface area (Å²) in [5.74, 6) is -1.30. The summed E-state index contributed by atoms with van der Waals surface area (Å²) in [4.78, 5) is 11.0. The average Bonchev–Trinajstić information content (AvgIpc) is 2.56. The van der Waals surface area contributed by atoms with Crippen molar-refractivity contribution in [1.82, 2.24) is 14.8 Å². The molecule has 0 aliphatic heterocycles. The van der Waals surface area contributed by atoms with E-state index >= 15 is 0 Å². The number of nitrogens with zero attached hydrogens (tertiary/aromatic N) is 2. The highest BCUT2D eigenvalue weighted by atomic mass is 19.1. The minimum atomic E-state index is -0.685. The van der Waals surface area contributed by atoms with Gasteiger partial charge in [-0.2, -0.15) is 5.10 Å². The Kier molecular flexibility index (Phi) is 1.88. The average molecular weight is 197 g/mol. The van der Waals surface area contributed by atoms with Crippen molar-refractivity contribution in [3.05, 3.63) is 46.6 Å². The smallest absolute Gasteiger partial charge is 0.247 e. The third-order valence-corrected chi connectivity index (χ3v) is 1.72. The van der Waals surface area contributed by atoms with Crippen LogP contribution in [0.1, 0.15) is 0 Å². The van der Waals surface area contributed by atoms with Crippen molar-refractivity contribution in [2.24, 2.45) is 0 Å². The van der Waals surface area contributed by atoms with Crippen LogP contribution in [0.5, 0.6) is 0 Å². The first-order valence-corrected chi connectivity index (χ1v) is 3.76. The molecule has 4 nitrogen and oxygen atoms in total. The van der Waals surface area contributed by atoms with E-state index in [4.69, 9.17) is 0 Å². The van der Waals surface area contributed by atoms with E-state index in [-0.39, 0.29) is 5.69 Å². The molecular weight excluding hydrogens is 192 g/mol. The van der Waals surface area contributed by atoms with Crippen LogP contribution in [0, 0.1) is 11.6 Å². The van der Waals surface area contributed by atoms with E-state index in [2.05, 4.69) is 10.2 Å². The van der Waals surface area contributed by atoms with Crippen LogP contribution in [-0.2, 0) is 0 Å². The third-order valence-electron chi connectivity index (χ3n) is 1.72. The van der Waals surface area contributed by atoms with Gasteiger partial charge in [-0.15, -0.1) is 0 Å². The molecule has 1 N–H and O–H groups in total. The SMILES string of the molecule is O=c1[nH]ncn1-c1cc(F)ccc1F. The van der Waals surface area contributed by atoms with Gasteiger partial charge in [0, 0.05) is 6.07 Å². The Morgan fingerprint density at radius 2 is 2.14 bits per heavy atom. The van der Waals surface area contributed by atoms with Crippen LogP contribution in [0.2, 0.25) is 0 Å². The van der Waals surface area contributed by atoms with Gasteiger partial charge in [0.2, 0.25) is 0 Å². The minimum absolute atomic E-state index is 0.163. The second-order valence-electron chi connectivity index (χ2n) is 2.63. The van der Waals surface area contributed by atoms with Crippen LogP contribution in [0.4, 0.5) is 8.78 Å². The molecular formula is C8H5F2N3O. The molecule has 6 heteroatoms. The van der Waals surface area contributed by atoms with Gasteiger partial charge in [0.1, 0.15) is 18.0 Å². The molecule has 2 rings (SSSR count). The molecule has 1 heterocycles. The van der Waals surface area contributed by atoms with Crippen LogP contribution in [0.3, 0.4) is 0 Å². The second-order valence-corrected chi connectivity index (χ2v) is 2.63. The highest BCUT2D eigenvalue weighted by Gasteiger charge is 2.08. The first-order valence-electron chi connectivity index (χ1n) is 3.76. The van der Waals surface area contributed by atoms with E-state index in [1.165, 1.54) is 0 Å². The van der Waals surface area contributed by atoms with Crippen molar-refractivity contribution in [2.75, 3.05) is 0 Å². The summed E-state index contributed by atoms with van der Waals surface area (Å²) in [6, 6.07) is 2.85. The summed E-state index contributed by atoms with van der Waals surface area (Å²) in [5.41, 5.74) is -0.779. The summed E-state index contributed by atoms with van der Waals surface area (Å²) >= 11 is 0. The first-order chi connectivity index (χ1) is 6.68. The van der Waals surface area contributed by atoms with Gasteiger partial charge in [-0.05, 0) is 12.1 Å². The Balaban J connectivity index is 2.68. The molecule has 14 heavy (non-hydrogen) atoms. The number of nitrogens with one attached hydrogen (secondary N) is 1. The number of aromatic nitrogens is 3. The lowest BCUT2D eigenvalue weighted by atomic mass is 10.3. The molecule has 0 atom stereocenters. The van der Waals surface area contributed by atoms with Crippen molar-refractivity contribution < 1.29 is 8.78 Å². The number of hydrogen-bond donors (Lipinski definition) is 1. The fourth-order valence-electron chi connectivity index (χ4n) is 1.09. The predicted octanol–water partition coefficient (Wildman–Crippen LogP) is 0.839. The molecule has 0 unspecified atom stereocenters. The Bertz CT molecular complexity index is 517. The molecule has 0 bridgehead atoms. The van der Waals surface area contributed by atoms with Crippen molar-refractivity contribution in [3.63, 3.8) is 0 Å². The normalized spacial score (nSPS) is 10.4. The van der Waals surface area contributed by atoms with Gasteiger partial charge in [-0.1, -0.05) is 0 Å². The predicted molar refractivity (Wildman–Crippen MR) is 44.1 cm³/mol. The van der Waals surface area contributed by atoms with Crippen molar-refractivity contribution in [2.45, 2.75) is 0 Å². The van der Waals surface area contributed by atoms with Gasteiger partial charge in [-0.3, -0.25) is 0 Å². The van der Waals surface area contributed by atoms with E-state index in [0.29, 0.717) is 0 Å². The largest absolute Gasteiger partial charge is 0.347 e. The summed E-state index contributed by atoms with van der Waals surface area (Å²) in [6.45, 7) is 0. The lowest BCUT2D eigenvalue weighted by molar-refractivity contribution is 0.591. The summed E-state index contributed by atoms with van der Waals surface area (Å²) in [5, 5.41) is 5.49. The fourth-order valence-corrected chi connectivity index (χ4v) is 1.09. The van der Waals surface area contributed by atoms with E-state index in [1.54, 1.807) is 0 Å². The molecule has 0 radical (unpaired) electrons. The number of rotatable bonds is 1. The molecule has 72 valence electrons. The van der Waals surface area contributed by atoms with E-state index in [9.17, 15) is 13.6 Å².